The zero-order valence-corrected chi connectivity index (χ0v) is 36.7. The van der Waals surface area contributed by atoms with E-state index in [-0.39, 0.29) is 0 Å². The van der Waals surface area contributed by atoms with Crippen LogP contribution in [0.25, 0.3) is 109 Å². The van der Waals surface area contributed by atoms with E-state index in [0.717, 1.165) is 0 Å². The Morgan fingerprint density at radius 2 is 0.642 bits per heavy atom. The summed E-state index contributed by atoms with van der Waals surface area (Å²) in [6.45, 7) is 0. The standard InChI is InChI=1S/C67H42/c1-3-22-50(23-4-1)67(51-24-5-2-6-25-51)65-52-38-37-49(42-47(52)36-39-61(65)64-55-28-11-9-26-53(55)54-27-10-16-33-60(54)66(64)67)63-58-31-14-12-29-56(58)62(57-30-13-15-32-59(57)63)48-21-17-20-45(41-48)46-35-34-43-18-7-8-19-44(43)40-46/h1-42H. The molecule has 14 rings (SSSR count). The van der Waals surface area contributed by atoms with Crippen molar-refractivity contribution in [3.63, 3.8) is 0 Å². The predicted octanol–water partition coefficient (Wildman–Crippen LogP) is 18.0. The van der Waals surface area contributed by atoms with Crippen LogP contribution in [0.1, 0.15) is 22.3 Å². The molecule has 0 radical (unpaired) electrons. The molecule has 0 nitrogen and oxygen atoms in total. The Kier molecular flexibility index (Phi) is 8.30. The van der Waals surface area contributed by atoms with Crippen LogP contribution in [0.5, 0.6) is 0 Å². The fraction of sp³-hybridized carbons (Fsp3) is 0.0149. The van der Waals surface area contributed by atoms with Crippen LogP contribution < -0.4 is 0 Å². The van der Waals surface area contributed by atoms with Crippen molar-refractivity contribution < 1.29 is 0 Å². The Hall–Kier alpha value is -8.58. The number of hydrogen-bond donors (Lipinski definition) is 0. The van der Waals surface area contributed by atoms with Gasteiger partial charge in [-0.05, 0) is 150 Å². The fourth-order valence-electron chi connectivity index (χ4n) is 12.1. The predicted molar refractivity (Wildman–Crippen MR) is 285 cm³/mol. The Morgan fingerprint density at radius 3 is 1.27 bits per heavy atom. The molecule has 0 unspecified atom stereocenters. The first kappa shape index (κ1) is 37.8. The maximum Gasteiger partial charge on any atom is 0.0725 e. The van der Waals surface area contributed by atoms with Crippen LogP contribution in [-0.2, 0) is 5.41 Å². The van der Waals surface area contributed by atoms with Crippen molar-refractivity contribution >= 4 is 64.6 Å². The first-order chi connectivity index (χ1) is 33.3. The van der Waals surface area contributed by atoms with Gasteiger partial charge < -0.3 is 0 Å². The molecule has 0 aromatic heterocycles. The largest absolute Gasteiger partial charge is 0.0725 e. The molecule has 0 spiro atoms. The quantitative estimate of drug-likeness (QED) is 0.120. The average molecular weight is 847 g/mol. The Bertz CT molecular complexity index is 4040. The summed E-state index contributed by atoms with van der Waals surface area (Å²) in [7, 11) is 0. The van der Waals surface area contributed by atoms with E-state index in [4.69, 9.17) is 0 Å². The SMILES string of the molecule is c1ccc(C2(c3ccccc3)c3c(ccc4cc(-c5c6ccccc6c(-c6cccc(-c7ccc8ccccc8c7)c6)c6ccccc56)ccc34)-c3c2c2ccccc2c2ccccc32)cc1. The zero-order chi connectivity index (χ0) is 44.1. The minimum atomic E-state index is -0.583. The second-order valence-corrected chi connectivity index (χ2v) is 18.2. The van der Waals surface area contributed by atoms with Gasteiger partial charge in [-0.15, -0.1) is 0 Å². The average Bonchev–Trinajstić information content (AvgIpc) is 3.73. The number of fused-ring (bicyclic) bond motifs is 13. The third-order valence-corrected chi connectivity index (χ3v) is 14.8. The Morgan fingerprint density at radius 1 is 0.209 bits per heavy atom. The van der Waals surface area contributed by atoms with Crippen LogP contribution in [-0.4, -0.2) is 0 Å². The van der Waals surface area contributed by atoms with E-state index in [1.54, 1.807) is 0 Å². The van der Waals surface area contributed by atoms with Crippen molar-refractivity contribution in [2.24, 2.45) is 0 Å². The minimum absolute atomic E-state index is 0.583. The van der Waals surface area contributed by atoms with Crippen molar-refractivity contribution in [2.45, 2.75) is 5.41 Å². The lowest BCUT2D eigenvalue weighted by atomic mass is 9.65. The summed E-state index contributed by atoms with van der Waals surface area (Å²) in [5, 5.41) is 15.2. The summed E-state index contributed by atoms with van der Waals surface area (Å²) in [4.78, 5) is 0. The van der Waals surface area contributed by atoms with Crippen LogP contribution in [0.3, 0.4) is 0 Å². The summed E-state index contributed by atoms with van der Waals surface area (Å²) >= 11 is 0. The van der Waals surface area contributed by atoms with Gasteiger partial charge >= 0.3 is 0 Å². The zero-order valence-electron chi connectivity index (χ0n) is 36.7. The van der Waals surface area contributed by atoms with Gasteiger partial charge in [0.15, 0.2) is 0 Å². The second-order valence-electron chi connectivity index (χ2n) is 18.2. The maximum atomic E-state index is 2.46. The molecule has 0 amide bonds. The molecular formula is C67H42. The van der Waals surface area contributed by atoms with Gasteiger partial charge in [-0.25, -0.2) is 0 Å². The molecule has 0 aliphatic heterocycles. The van der Waals surface area contributed by atoms with E-state index in [0.29, 0.717) is 0 Å². The monoisotopic (exact) mass is 846 g/mol. The third kappa shape index (κ3) is 5.48. The maximum absolute atomic E-state index is 2.46. The van der Waals surface area contributed by atoms with E-state index in [2.05, 4.69) is 255 Å². The highest BCUT2D eigenvalue weighted by Gasteiger charge is 2.49. The Balaban J connectivity index is 1.03. The smallest absolute Gasteiger partial charge is 0.0622 e. The number of hydrogen-bond acceptors (Lipinski definition) is 0. The molecule has 0 heterocycles. The minimum Gasteiger partial charge on any atom is -0.0622 e. The lowest BCUT2D eigenvalue weighted by Crippen LogP contribution is -2.29. The van der Waals surface area contributed by atoms with E-state index >= 15 is 0 Å². The van der Waals surface area contributed by atoms with Crippen molar-refractivity contribution in [1.82, 2.24) is 0 Å². The molecule has 0 bridgehead atoms. The second kappa shape index (κ2) is 14.7. The van der Waals surface area contributed by atoms with Crippen LogP contribution in [0, 0.1) is 0 Å². The van der Waals surface area contributed by atoms with Crippen LogP contribution in [0.15, 0.2) is 255 Å². The van der Waals surface area contributed by atoms with Gasteiger partial charge in [-0.1, -0.05) is 237 Å². The molecule has 0 N–H and O–H groups in total. The van der Waals surface area contributed by atoms with Gasteiger partial charge in [-0.2, -0.15) is 0 Å². The van der Waals surface area contributed by atoms with Crippen LogP contribution in [0.4, 0.5) is 0 Å². The molecule has 0 atom stereocenters. The van der Waals surface area contributed by atoms with E-state index in [1.807, 2.05) is 0 Å². The molecule has 0 saturated carbocycles. The van der Waals surface area contributed by atoms with Crippen molar-refractivity contribution in [3.05, 3.63) is 277 Å². The molecule has 13 aromatic carbocycles. The molecule has 310 valence electrons. The van der Waals surface area contributed by atoms with Crippen LogP contribution >= 0.6 is 0 Å². The van der Waals surface area contributed by atoms with Crippen molar-refractivity contribution in [2.75, 3.05) is 0 Å². The lowest BCUT2D eigenvalue weighted by Gasteiger charge is -2.35. The Labute approximate surface area is 389 Å². The van der Waals surface area contributed by atoms with Gasteiger partial charge in [-0.3, -0.25) is 0 Å². The summed E-state index contributed by atoms with van der Waals surface area (Å²) in [6, 6.07) is 95.3. The first-order valence-corrected chi connectivity index (χ1v) is 23.4. The third-order valence-electron chi connectivity index (χ3n) is 14.8. The normalized spacial score (nSPS) is 12.9. The highest BCUT2D eigenvalue weighted by molar-refractivity contribution is 6.23. The van der Waals surface area contributed by atoms with Crippen molar-refractivity contribution in [3.8, 4) is 44.5 Å². The molecule has 1 aliphatic rings. The number of rotatable bonds is 5. The topological polar surface area (TPSA) is 0 Å². The van der Waals surface area contributed by atoms with Gasteiger partial charge in [0.1, 0.15) is 0 Å². The molecule has 0 heteroatoms. The lowest BCUT2D eigenvalue weighted by molar-refractivity contribution is 0.783. The molecule has 13 aromatic rings. The molecule has 0 saturated heterocycles. The summed E-state index contributed by atoms with van der Waals surface area (Å²) in [5.41, 5.74) is 14.7. The van der Waals surface area contributed by atoms with Crippen molar-refractivity contribution in [1.29, 1.82) is 0 Å². The van der Waals surface area contributed by atoms with E-state index in [1.165, 1.54) is 131 Å². The van der Waals surface area contributed by atoms with Crippen LogP contribution in [0.2, 0.25) is 0 Å². The summed E-state index contributed by atoms with van der Waals surface area (Å²) in [5.74, 6) is 0. The van der Waals surface area contributed by atoms with Gasteiger partial charge in [0, 0.05) is 0 Å². The summed E-state index contributed by atoms with van der Waals surface area (Å²) < 4.78 is 0. The van der Waals surface area contributed by atoms with Gasteiger partial charge in [0.2, 0.25) is 0 Å². The highest BCUT2D eigenvalue weighted by atomic mass is 14.5. The highest BCUT2D eigenvalue weighted by Crippen LogP contribution is 2.62. The van der Waals surface area contributed by atoms with Gasteiger partial charge in [0.25, 0.3) is 0 Å². The van der Waals surface area contributed by atoms with Gasteiger partial charge in [0.05, 0.1) is 5.41 Å². The number of benzene rings is 13. The molecule has 67 heavy (non-hydrogen) atoms. The molecule has 0 fully saturated rings. The molecule has 1 aliphatic carbocycles. The summed E-state index contributed by atoms with van der Waals surface area (Å²) in [6.07, 6.45) is 0. The molecular weight excluding hydrogens is 805 g/mol. The fourth-order valence-corrected chi connectivity index (χ4v) is 12.1. The van der Waals surface area contributed by atoms with E-state index in [9.17, 15) is 0 Å². The van der Waals surface area contributed by atoms with E-state index < -0.39 is 5.41 Å². The first-order valence-electron chi connectivity index (χ1n) is 23.4.